The fourth-order valence-electron chi connectivity index (χ4n) is 2.42. The number of phenolic OH excluding ortho intramolecular Hbond substituents is 2. The Hall–Kier alpha value is -4.68. The molecule has 4 rings (SSSR count). The van der Waals surface area contributed by atoms with Gasteiger partial charge in [-0.3, -0.25) is 0 Å². The minimum absolute atomic E-state index is 0. The molecule has 12 nitrogen and oxygen atoms in total. The summed E-state index contributed by atoms with van der Waals surface area (Å²) in [4.78, 5) is 0. The summed E-state index contributed by atoms with van der Waals surface area (Å²) >= 11 is 0. The van der Waals surface area contributed by atoms with Crippen LogP contribution in [0, 0.1) is 0 Å². The molecule has 0 amide bonds. The molecule has 2 heterocycles. The summed E-state index contributed by atoms with van der Waals surface area (Å²) in [6.45, 7) is 0. The van der Waals surface area contributed by atoms with Crippen LogP contribution in [0.4, 0.5) is 0 Å². The first-order valence-electron chi connectivity index (χ1n) is 9.74. The number of aromatic hydroxyl groups is 2. The fourth-order valence-corrected chi connectivity index (χ4v) is 2.42. The maximum Gasteiger partial charge on any atom is 2.00 e. The van der Waals surface area contributed by atoms with Crippen LogP contribution in [0.3, 0.4) is 0 Å². The molecule has 0 saturated heterocycles. The molecule has 2 aromatic carbocycles. The van der Waals surface area contributed by atoms with E-state index < -0.39 is 11.8 Å². The van der Waals surface area contributed by atoms with Gasteiger partial charge >= 0.3 is 17.1 Å². The molecule has 0 atom stereocenters. The molecule has 37 heavy (non-hydrogen) atoms. The molecule has 0 spiro atoms. The summed E-state index contributed by atoms with van der Waals surface area (Å²) in [5, 5.41) is 55.9. The molecule has 0 unspecified atom stereocenters. The maximum atomic E-state index is 11.5. The molecule has 0 saturated carbocycles. The van der Waals surface area contributed by atoms with E-state index in [1.165, 1.54) is 49.2 Å². The third-order valence-corrected chi connectivity index (χ3v) is 4.02. The molecular weight excluding hydrogens is 536 g/mol. The fraction of sp³-hybridized carbons (Fsp3) is 0. The zero-order valence-corrected chi connectivity index (χ0v) is 19.8. The summed E-state index contributed by atoms with van der Waals surface area (Å²) in [5.41, 5.74) is 0.230. The Labute approximate surface area is 221 Å². The van der Waals surface area contributed by atoms with Gasteiger partial charge in [-0.25, -0.2) is 0 Å². The van der Waals surface area contributed by atoms with Crippen LogP contribution in [0.15, 0.2) is 115 Å². The molecule has 0 aliphatic rings. The Morgan fingerprint density at radius 3 is 1.32 bits per heavy atom. The van der Waals surface area contributed by atoms with Crippen LogP contribution >= 0.6 is 0 Å². The second kappa shape index (κ2) is 16.9. The monoisotopic (exact) mass is 557 g/mol. The normalized spacial score (nSPS) is 11.1. The molecule has 197 valence electrons. The van der Waals surface area contributed by atoms with Crippen molar-refractivity contribution in [3.05, 3.63) is 108 Å². The minimum Gasteiger partial charge on any atom is -0.857 e. The van der Waals surface area contributed by atoms with E-state index in [0.29, 0.717) is 11.5 Å². The molecule has 4 aromatic rings. The molecular formula is C24H22CuN4O8. The third kappa shape index (κ3) is 10.2. The van der Waals surface area contributed by atoms with Crippen molar-refractivity contribution >= 4 is 24.2 Å². The summed E-state index contributed by atoms with van der Waals surface area (Å²) < 4.78 is 9.95. The van der Waals surface area contributed by atoms with E-state index in [0.717, 1.165) is 0 Å². The summed E-state index contributed by atoms with van der Waals surface area (Å²) in [6, 6.07) is 19.1. The molecule has 0 aliphatic carbocycles. The van der Waals surface area contributed by atoms with Gasteiger partial charge in [-0.1, -0.05) is 36.4 Å². The summed E-state index contributed by atoms with van der Waals surface area (Å²) in [7, 11) is 0. The smallest absolute Gasteiger partial charge is 0.857 e. The SMILES string of the molecule is O.O.[Cu+2].[O-]/C(=N\N=C/c1ccco1)c1ccccc1O.[O-]/C(=N\N=C/c1ccco1)c1ccccc1O. The van der Waals surface area contributed by atoms with Crippen molar-refractivity contribution in [1.82, 2.24) is 0 Å². The average Bonchev–Trinajstić information content (AvgIpc) is 3.55. The number of hydrogen-bond acceptors (Lipinski definition) is 10. The van der Waals surface area contributed by atoms with Crippen molar-refractivity contribution in [2.45, 2.75) is 0 Å². The van der Waals surface area contributed by atoms with Gasteiger partial charge in [0.25, 0.3) is 0 Å². The van der Waals surface area contributed by atoms with Gasteiger partial charge in [0, 0.05) is 22.9 Å². The molecule has 2 aromatic heterocycles. The number of nitrogens with zero attached hydrogens (tertiary/aromatic N) is 4. The van der Waals surface area contributed by atoms with Gasteiger partial charge in [0.05, 0.1) is 25.0 Å². The average molecular weight is 558 g/mol. The molecule has 0 fully saturated rings. The van der Waals surface area contributed by atoms with Crippen LogP contribution in [0.25, 0.3) is 0 Å². The first-order chi connectivity index (χ1) is 16.5. The van der Waals surface area contributed by atoms with Crippen LogP contribution < -0.4 is 10.2 Å². The van der Waals surface area contributed by atoms with Crippen LogP contribution in [-0.4, -0.2) is 45.4 Å². The number of rotatable bonds is 6. The predicted molar refractivity (Wildman–Crippen MR) is 129 cm³/mol. The minimum atomic E-state index is -0.606. The Kier molecular flexibility index (Phi) is 14.7. The number of hydrogen-bond donors (Lipinski definition) is 2. The van der Waals surface area contributed by atoms with Gasteiger partial charge in [0.15, 0.2) is 0 Å². The topological polar surface area (TPSA) is 225 Å². The second-order valence-electron chi connectivity index (χ2n) is 6.36. The maximum absolute atomic E-state index is 11.5. The number of benzene rings is 2. The van der Waals surface area contributed by atoms with E-state index >= 15 is 0 Å². The Morgan fingerprint density at radius 2 is 1.00 bits per heavy atom. The van der Waals surface area contributed by atoms with E-state index in [1.54, 1.807) is 48.5 Å². The molecule has 0 aliphatic heterocycles. The predicted octanol–water partition coefficient (Wildman–Crippen LogP) is 0.600. The zero-order valence-electron chi connectivity index (χ0n) is 18.9. The van der Waals surface area contributed by atoms with E-state index in [-0.39, 0.29) is 50.6 Å². The molecule has 13 heteroatoms. The van der Waals surface area contributed by atoms with Crippen molar-refractivity contribution in [1.29, 1.82) is 0 Å². The summed E-state index contributed by atoms with van der Waals surface area (Å²) in [6.07, 6.45) is 5.62. The third-order valence-electron chi connectivity index (χ3n) is 4.02. The number of para-hydroxylation sites is 2. The van der Waals surface area contributed by atoms with E-state index in [4.69, 9.17) is 8.83 Å². The molecule has 0 bridgehead atoms. The largest absolute Gasteiger partial charge is 2.00 e. The van der Waals surface area contributed by atoms with Gasteiger partial charge < -0.3 is 40.2 Å². The second-order valence-corrected chi connectivity index (χ2v) is 6.36. The Balaban J connectivity index is 0.000000648. The van der Waals surface area contributed by atoms with Crippen LogP contribution in [0.5, 0.6) is 11.5 Å². The van der Waals surface area contributed by atoms with E-state index in [9.17, 15) is 20.4 Å². The van der Waals surface area contributed by atoms with E-state index in [1.807, 2.05) is 0 Å². The van der Waals surface area contributed by atoms with Crippen molar-refractivity contribution in [3.8, 4) is 11.5 Å². The van der Waals surface area contributed by atoms with Crippen molar-refractivity contribution in [3.63, 3.8) is 0 Å². The van der Waals surface area contributed by atoms with Crippen molar-refractivity contribution in [2.75, 3.05) is 0 Å². The van der Waals surface area contributed by atoms with Gasteiger partial charge in [0.2, 0.25) is 0 Å². The van der Waals surface area contributed by atoms with Gasteiger partial charge in [-0.2, -0.15) is 20.4 Å². The first-order valence-corrected chi connectivity index (χ1v) is 9.74. The quantitative estimate of drug-likeness (QED) is 0.149. The summed E-state index contributed by atoms with van der Waals surface area (Å²) in [5.74, 6) is -0.446. The van der Waals surface area contributed by atoms with Gasteiger partial charge in [0.1, 0.15) is 23.0 Å². The first kappa shape index (κ1) is 32.3. The zero-order chi connectivity index (χ0) is 24.2. The van der Waals surface area contributed by atoms with Crippen molar-refractivity contribution < 1.29 is 57.3 Å². The number of phenols is 2. The van der Waals surface area contributed by atoms with Crippen LogP contribution in [0.2, 0.25) is 0 Å². The molecule has 1 radical (unpaired) electrons. The number of furan rings is 2. The Morgan fingerprint density at radius 1 is 0.622 bits per heavy atom. The van der Waals surface area contributed by atoms with Crippen LogP contribution in [0.1, 0.15) is 22.6 Å². The van der Waals surface area contributed by atoms with E-state index in [2.05, 4.69) is 20.4 Å². The standard InChI is InChI=1S/2C12H10N2O3.Cu.2H2O/c2*15-11-6-2-1-5-10(11)12(16)14-13-8-9-4-3-7-17-9;;;/h2*1-8,15H,(H,14,16);;2*1H2/q;;+2;;/p-2/b2*13-8-;;;. The van der Waals surface area contributed by atoms with Crippen molar-refractivity contribution in [2.24, 2.45) is 20.4 Å². The van der Waals surface area contributed by atoms with Crippen LogP contribution in [-0.2, 0) is 17.1 Å². The Bertz CT molecular complexity index is 1200. The molecule has 6 N–H and O–H groups in total. The van der Waals surface area contributed by atoms with Gasteiger partial charge in [-0.05, 0) is 36.4 Å². The van der Waals surface area contributed by atoms with Gasteiger partial charge in [-0.15, -0.1) is 0 Å².